The molecule has 0 saturated heterocycles. The smallest absolute Gasteiger partial charge is 0.416 e. The predicted molar refractivity (Wildman–Crippen MR) is 91.1 cm³/mol. The molecule has 0 bridgehead atoms. The van der Waals surface area contributed by atoms with Crippen molar-refractivity contribution in [3.63, 3.8) is 0 Å². The van der Waals surface area contributed by atoms with Gasteiger partial charge >= 0.3 is 6.18 Å². The van der Waals surface area contributed by atoms with E-state index in [0.29, 0.717) is 23.4 Å². The lowest BCUT2D eigenvalue weighted by Gasteiger charge is -2.13. The van der Waals surface area contributed by atoms with Crippen molar-refractivity contribution in [1.29, 1.82) is 0 Å². The third-order valence-corrected chi connectivity index (χ3v) is 3.99. The molecule has 3 nitrogen and oxygen atoms in total. The average Bonchev–Trinajstić information content (AvgIpc) is 3.07. The maximum absolute atomic E-state index is 12.8. The van der Waals surface area contributed by atoms with Gasteiger partial charge in [-0.2, -0.15) is 13.2 Å². The highest BCUT2D eigenvalue weighted by atomic mass is 35.5. The summed E-state index contributed by atoms with van der Waals surface area (Å²) in [7, 11) is 0. The second-order valence-corrected chi connectivity index (χ2v) is 6.03. The largest absolute Gasteiger partial charge is 0.454 e. The Labute approximate surface area is 155 Å². The highest BCUT2D eigenvalue weighted by Crippen LogP contribution is 2.41. The van der Waals surface area contributed by atoms with Gasteiger partial charge in [0, 0.05) is 5.56 Å². The number of furan rings is 1. The predicted octanol–water partition coefficient (Wildman–Crippen LogP) is 6.88. The molecule has 0 saturated carbocycles. The van der Waals surface area contributed by atoms with Crippen molar-refractivity contribution >= 4 is 29.5 Å². The molecule has 134 valence electrons. The molecule has 3 aromatic rings. The number of hydrogen-bond donors (Lipinski definition) is 0. The molecular formula is C18H9Cl2F3O3. The molecule has 0 aliphatic heterocycles. The topological polar surface area (TPSA) is 39.4 Å². The Bertz CT molecular complexity index is 924. The Kier molecular flexibility index (Phi) is 4.98. The Morgan fingerprint density at radius 1 is 0.962 bits per heavy atom. The molecule has 0 aliphatic rings. The molecule has 1 aromatic heterocycles. The number of halogens is 5. The number of carbonyl (C=O) groups excluding carboxylic acids is 1. The zero-order valence-electron chi connectivity index (χ0n) is 12.8. The van der Waals surface area contributed by atoms with Crippen molar-refractivity contribution in [2.75, 3.05) is 0 Å². The van der Waals surface area contributed by atoms with E-state index in [1.165, 1.54) is 6.07 Å². The standard InChI is InChI=1S/C18H9Cl2F3O3/c19-14-7-11(18(21,22)23)8-15(20)17(14)26-12-3-1-10(2-4-12)16-6-5-13(9-24)25-16/h1-9H. The monoisotopic (exact) mass is 400 g/mol. The van der Waals surface area contributed by atoms with Crippen molar-refractivity contribution < 1.29 is 27.1 Å². The molecule has 0 fully saturated rings. The number of aldehydes is 1. The van der Waals surface area contributed by atoms with Gasteiger partial charge in [-0.25, -0.2) is 0 Å². The molecular weight excluding hydrogens is 392 g/mol. The summed E-state index contributed by atoms with van der Waals surface area (Å²) in [5, 5.41) is -0.508. The van der Waals surface area contributed by atoms with Crippen molar-refractivity contribution in [3.8, 4) is 22.8 Å². The van der Waals surface area contributed by atoms with E-state index in [-0.39, 0.29) is 21.6 Å². The first-order valence-electron chi connectivity index (χ1n) is 7.17. The van der Waals surface area contributed by atoms with E-state index in [9.17, 15) is 18.0 Å². The van der Waals surface area contributed by atoms with E-state index in [1.54, 1.807) is 30.3 Å². The van der Waals surface area contributed by atoms with Gasteiger partial charge < -0.3 is 9.15 Å². The molecule has 0 aliphatic carbocycles. The summed E-state index contributed by atoms with van der Waals surface area (Å²) in [6.07, 6.45) is -3.97. The van der Waals surface area contributed by atoms with Gasteiger partial charge in [-0.1, -0.05) is 23.2 Å². The van der Waals surface area contributed by atoms with E-state index in [1.807, 2.05) is 0 Å². The van der Waals surface area contributed by atoms with Crippen LogP contribution in [0.25, 0.3) is 11.3 Å². The molecule has 26 heavy (non-hydrogen) atoms. The van der Waals surface area contributed by atoms with E-state index in [0.717, 1.165) is 12.1 Å². The van der Waals surface area contributed by atoms with Crippen molar-refractivity contribution in [3.05, 3.63) is 69.9 Å². The highest BCUT2D eigenvalue weighted by molar-refractivity contribution is 6.37. The fourth-order valence-corrected chi connectivity index (χ4v) is 2.76. The summed E-state index contributed by atoms with van der Waals surface area (Å²) in [5.74, 6) is 0.933. The van der Waals surface area contributed by atoms with E-state index >= 15 is 0 Å². The molecule has 0 atom stereocenters. The Morgan fingerprint density at radius 2 is 1.58 bits per heavy atom. The van der Waals surface area contributed by atoms with E-state index in [2.05, 4.69) is 0 Å². The minimum Gasteiger partial charge on any atom is -0.454 e. The molecule has 0 N–H and O–H groups in total. The fourth-order valence-electron chi connectivity index (χ4n) is 2.20. The molecule has 2 aromatic carbocycles. The van der Waals surface area contributed by atoms with Crippen LogP contribution in [0.3, 0.4) is 0 Å². The van der Waals surface area contributed by atoms with Crippen LogP contribution in [-0.4, -0.2) is 6.29 Å². The summed E-state index contributed by atoms with van der Waals surface area (Å²) >= 11 is 11.8. The first-order valence-corrected chi connectivity index (χ1v) is 7.93. The summed E-state index contributed by atoms with van der Waals surface area (Å²) in [4.78, 5) is 10.6. The van der Waals surface area contributed by atoms with Gasteiger partial charge in [0.05, 0.1) is 15.6 Å². The summed E-state index contributed by atoms with van der Waals surface area (Å²) < 4.78 is 49.1. The molecule has 0 spiro atoms. The third kappa shape index (κ3) is 3.86. The van der Waals surface area contributed by atoms with Gasteiger partial charge in [-0.05, 0) is 48.5 Å². The van der Waals surface area contributed by atoms with Crippen LogP contribution >= 0.6 is 23.2 Å². The summed E-state index contributed by atoms with van der Waals surface area (Å²) in [5.41, 5.74) is -0.269. The minimum atomic E-state index is -4.56. The van der Waals surface area contributed by atoms with E-state index in [4.69, 9.17) is 32.4 Å². The summed E-state index contributed by atoms with van der Waals surface area (Å²) in [6.45, 7) is 0. The van der Waals surface area contributed by atoms with Crippen LogP contribution in [0.15, 0.2) is 52.9 Å². The number of alkyl halides is 3. The molecule has 3 rings (SSSR count). The van der Waals surface area contributed by atoms with Crippen molar-refractivity contribution in [2.24, 2.45) is 0 Å². The van der Waals surface area contributed by atoms with Gasteiger partial charge in [0.2, 0.25) is 0 Å². The van der Waals surface area contributed by atoms with Crippen LogP contribution in [0.2, 0.25) is 10.0 Å². The Balaban J connectivity index is 1.84. The third-order valence-electron chi connectivity index (χ3n) is 3.43. The lowest BCUT2D eigenvalue weighted by molar-refractivity contribution is -0.137. The van der Waals surface area contributed by atoms with Crippen molar-refractivity contribution in [1.82, 2.24) is 0 Å². The van der Waals surface area contributed by atoms with Gasteiger partial charge in [0.15, 0.2) is 17.8 Å². The van der Waals surface area contributed by atoms with Gasteiger partial charge in [0.1, 0.15) is 11.5 Å². The molecule has 0 amide bonds. The molecule has 0 radical (unpaired) electrons. The number of ether oxygens (including phenoxy) is 1. The van der Waals surface area contributed by atoms with Crippen LogP contribution in [0, 0.1) is 0 Å². The number of benzene rings is 2. The van der Waals surface area contributed by atoms with Gasteiger partial charge in [0.25, 0.3) is 0 Å². The van der Waals surface area contributed by atoms with Gasteiger partial charge in [-0.3, -0.25) is 4.79 Å². The maximum atomic E-state index is 12.8. The molecule has 1 heterocycles. The zero-order valence-corrected chi connectivity index (χ0v) is 14.3. The van der Waals surface area contributed by atoms with Crippen molar-refractivity contribution in [2.45, 2.75) is 6.18 Å². The first-order chi connectivity index (χ1) is 12.3. The van der Waals surface area contributed by atoms with Crippen LogP contribution in [0.1, 0.15) is 16.1 Å². The van der Waals surface area contributed by atoms with E-state index < -0.39 is 11.7 Å². The zero-order chi connectivity index (χ0) is 18.9. The fraction of sp³-hybridized carbons (Fsp3) is 0.0556. The lowest BCUT2D eigenvalue weighted by Crippen LogP contribution is -2.05. The number of carbonyl (C=O) groups is 1. The van der Waals surface area contributed by atoms with Crippen LogP contribution in [0.5, 0.6) is 11.5 Å². The molecule has 0 unspecified atom stereocenters. The highest BCUT2D eigenvalue weighted by Gasteiger charge is 2.32. The van der Waals surface area contributed by atoms with Crippen LogP contribution < -0.4 is 4.74 Å². The Morgan fingerprint density at radius 3 is 2.08 bits per heavy atom. The van der Waals surface area contributed by atoms with Crippen LogP contribution in [0.4, 0.5) is 13.2 Å². The van der Waals surface area contributed by atoms with Crippen LogP contribution in [-0.2, 0) is 6.18 Å². The quantitative estimate of drug-likeness (QED) is 0.448. The average molecular weight is 401 g/mol. The number of hydrogen-bond acceptors (Lipinski definition) is 3. The second-order valence-electron chi connectivity index (χ2n) is 5.21. The number of rotatable bonds is 4. The SMILES string of the molecule is O=Cc1ccc(-c2ccc(Oc3c(Cl)cc(C(F)(F)F)cc3Cl)cc2)o1. The maximum Gasteiger partial charge on any atom is 0.416 e. The van der Waals surface area contributed by atoms with Gasteiger partial charge in [-0.15, -0.1) is 0 Å². The normalized spacial score (nSPS) is 11.4. The lowest BCUT2D eigenvalue weighted by atomic mass is 10.1. The second kappa shape index (κ2) is 7.05. The summed E-state index contributed by atoms with van der Waals surface area (Å²) in [6, 6.07) is 11.1. The first kappa shape index (κ1) is 18.4. The minimum absolute atomic E-state index is 0.0738. The molecule has 8 heteroatoms. The Hall–Kier alpha value is -2.44.